The summed E-state index contributed by atoms with van der Waals surface area (Å²) in [6.07, 6.45) is 0. The Labute approximate surface area is 133 Å². The molecule has 2 aromatic rings. The lowest BCUT2D eigenvalue weighted by Crippen LogP contribution is -2.32. The maximum Gasteiger partial charge on any atom is 0.382 e. The van der Waals surface area contributed by atoms with Crippen molar-refractivity contribution in [2.75, 3.05) is 13.9 Å². The van der Waals surface area contributed by atoms with Crippen LogP contribution in [-0.2, 0) is 21.6 Å². The second-order valence-corrected chi connectivity index (χ2v) is 6.24. The zero-order chi connectivity index (χ0) is 16.4. The lowest BCUT2D eigenvalue weighted by atomic mass is 10.0. The molecule has 0 bridgehead atoms. The van der Waals surface area contributed by atoms with Crippen LogP contribution in [0, 0.1) is 5.82 Å². The first-order valence-corrected chi connectivity index (χ1v) is 8.13. The van der Waals surface area contributed by atoms with Crippen LogP contribution in [0.25, 0.3) is 11.1 Å². The standard InChI is InChI=1S/C15H14FNO5S/c1-20-9-21-13-4-2-10(3-5-13)14-7-12(16)6-11-8-17-23(18,19)22-15(11)14/h2-7,17H,8-9H2,1H3. The number of hydrogen-bond acceptors (Lipinski definition) is 5. The van der Waals surface area contributed by atoms with Crippen molar-refractivity contribution in [3.05, 3.63) is 47.8 Å². The van der Waals surface area contributed by atoms with Crippen molar-refractivity contribution in [1.29, 1.82) is 0 Å². The molecule has 1 N–H and O–H groups in total. The Bertz CT molecular complexity index is 821. The van der Waals surface area contributed by atoms with Gasteiger partial charge in [0.05, 0.1) is 0 Å². The fourth-order valence-electron chi connectivity index (χ4n) is 2.26. The van der Waals surface area contributed by atoms with Crippen molar-refractivity contribution >= 4 is 10.3 Å². The summed E-state index contributed by atoms with van der Waals surface area (Å²) in [5.41, 5.74) is 1.42. The number of rotatable bonds is 4. The van der Waals surface area contributed by atoms with Crippen LogP contribution in [0.3, 0.4) is 0 Å². The van der Waals surface area contributed by atoms with Crippen LogP contribution in [0.4, 0.5) is 4.39 Å². The van der Waals surface area contributed by atoms with Crippen LogP contribution in [0.1, 0.15) is 5.56 Å². The number of fused-ring (bicyclic) bond motifs is 1. The van der Waals surface area contributed by atoms with Gasteiger partial charge in [0.15, 0.2) is 12.5 Å². The number of methoxy groups -OCH3 is 1. The molecular weight excluding hydrogens is 325 g/mol. The van der Waals surface area contributed by atoms with E-state index in [2.05, 4.69) is 4.72 Å². The van der Waals surface area contributed by atoms with Gasteiger partial charge in [-0.2, -0.15) is 13.1 Å². The van der Waals surface area contributed by atoms with Crippen LogP contribution >= 0.6 is 0 Å². The third-order valence-corrected chi connectivity index (χ3v) is 4.16. The van der Waals surface area contributed by atoms with E-state index in [0.717, 1.165) is 0 Å². The maximum atomic E-state index is 13.8. The summed E-state index contributed by atoms with van der Waals surface area (Å²) in [5, 5.41) is 0. The van der Waals surface area contributed by atoms with Crippen LogP contribution in [0.5, 0.6) is 11.5 Å². The smallest absolute Gasteiger partial charge is 0.382 e. The van der Waals surface area contributed by atoms with E-state index in [4.69, 9.17) is 13.7 Å². The number of ether oxygens (including phenoxy) is 2. The molecule has 122 valence electrons. The molecule has 23 heavy (non-hydrogen) atoms. The molecule has 0 saturated heterocycles. The first-order valence-electron chi connectivity index (χ1n) is 6.72. The Morgan fingerprint density at radius 2 is 2.00 bits per heavy atom. The summed E-state index contributed by atoms with van der Waals surface area (Å²) in [7, 11) is -2.36. The molecule has 6 nitrogen and oxygen atoms in total. The topological polar surface area (TPSA) is 73.9 Å². The first-order chi connectivity index (χ1) is 11.0. The molecule has 0 spiro atoms. The van der Waals surface area contributed by atoms with Crippen molar-refractivity contribution in [3.8, 4) is 22.6 Å². The minimum absolute atomic E-state index is 0.0164. The summed E-state index contributed by atoms with van der Waals surface area (Å²) in [4.78, 5) is 0. The maximum absolute atomic E-state index is 13.8. The zero-order valence-electron chi connectivity index (χ0n) is 12.2. The molecule has 0 fully saturated rings. The van der Waals surface area contributed by atoms with Crippen LogP contribution in [0.2, 0.25) is 0 Å². The Morgan fingerprint density at radius 1 is 1.26 bits per heavy atom. The summed E-state index contributed by atoms with van der Waals surface area (Å²) in [6, 6.07) is 9.24. The summed E-state index contributed by atoms with van der Waals surface area (Å²) < 4.78 is 54.3. The van der Waals surface area contributed by atoms with E-state index in [9.17, 15) is 12.8 Å². The Kier molecular flexibility index (Phi) is 4.20. The van der Waals surface area contributed by atoms with E-state index in [1.54, 1.807) is 24.3 Å². The molecule has 0 atom stereocenters. The minimum Gasteiger partial charge on any atom is -0.468 e. The van der Waals surface area contributed by atoms with Gasteiger partial charge in [0.25, 0.3) is 0 Å². The van der Waals surface area contributed by atoms with Crippen LogP contribution in [-0.4, -0.2) is 22.3 Å². The number of hydrogen-bond donors (Lipinski definition) is 1. The highest BCUT2D eigenvalue weighted by Gasteiger charge is 2.26. The highest BCUT2D eigenvalue weighted by atomic mass is 32.2. The molecule has 1 aliphatic heterocycles. The molecule has 0 radical (unpaired) electrons. The van der Waals surface area contributed by atoms with E-state index in [0.29, 0.717) is 22.4 Å². The SMILES string of the molecule is COCOc1ccc(-c2cc(F)cc3c2OS(=O)(=O)NC3)cc1. The van der Waals surface area contributed by atoms with Gasteiger partial charge in [-0.15, -0.1) is 0 Å². The number of benzene rings is 2. The highest BCUT2D eigenvalue weighted by Crippen LogP contribution is 2.37. The van der Waals surface area contributed by atoms with Gasteiger partial charge >= 0.3 is 10.3 Å². The van der Waals surface area contributed by atoms with E-state index in [1.165, 1.54) is 19.2 Å². The van der Waals surface area contributed by atoms with Crippen molar-refractivity contribution < 1.29 is 26.5 Å². The van der Waals surface area contributed by atoms with Gasteiger partial charge in [0, 0.05) is 24.8 Å². The lowest BCUT2D eigenvalue weighted by Gasteiger charge is -2.21. The molecule has 0 aromatic heterocycles. The largest absolute Gasteiger partial charge is 0.468 e. The molecule has 0 aliphatic carbocycles. The lowest BCUT2D eigenvalue weighted by molar-refractivity contribution is 0.0511. The van der Waals surface area contributed by atoms with E-state index in [-0.39, 0.29) is 19.1 Å². The predicted octanol–water partition coefficient (Wildman–Crippen LogP) is 2.20. The molecule has 0 unspecified atom stereocenters. The van der Waals surface area contributed by atoms with Gasteiger partial charge in [-0.05, 0) is 29.8 Å². The molecule has 1 aliphatic rings. The first kappa shape index (κ1) is 15.7. The molecule has 0 saturated carbocycles. The van der Waals surface area contributed by atoms with Crippen molar-refractivity contribution in [1.82, 2.24) is 4.72 Å². The molecular formula is C15H14FNO5S. The van der Waals surface area contributed by atoms with Crippen LogP contribution < -0.4 is 13.6 Å². The van der Waals surface area contributed by atoms with E-state index >= 15 is 0 Å². The highest BCUT2D eigenvalue weighted by molar-refractivity contribution is 7.85. The monoisotopic (exact) mass is 339 g/mol. The Hall–Kier alpha value is -2.16. The fourth-order valence-corrected chi connectivity index (χ4v) is 3.06. The minimum atomic E-state index is -3.87. The normalized spacial score (nSPS) is 15.6. The summed E-state index contributed by atoms with van der Waals surface area (Å²) in [6.45, 7) is 0.0964. The molecule has 2 aromatic carbocycles. The van der Waals surface area contributed by atoms with Crippen molar-refractivity contribution in [3.63, 3.8) is 0 Å². The molecule has 1 heterocycles. The van der Waals surface area contributed by atoms with Gasteiger partial charge in [0.1, 0.15) is 11.6 Å². The van der Waals surface area contributed by atoms with Gasteiger partial charge < -0.3 is 13.7 Å². The zero-order valence-corrected chi connectivity index (χ0v) is 13.0. The van der Waals surface area contributed by atoms with E-state index < -0.39 is 16.1 Å². The van der Waals surface area contributed by atoms with Gasteiger partial charge in [-0.25, -0.2) is 4.39 Å². The van der Waals surface area contributed by atoms with Gasteiger partial charge in [-0.3, -0.25) is 0 Å². The third kappa shape index (κ3) is 3.44. The Balaban J connectivity index is 2.01. The third-order valence-electron chi connectivity index (χ3n) is 3.27. The second-order valence-electron chi connectivity index (χ2n) is 4.88. The van der Waals surface area contributed by atoms with Crippen molar-refractivity contribution in [2.24, 2.45) is 0 Å². The molecule has 8 heteroatoms. The number of nitrogens with one attached hydrogen (secondary N) is 1. The fraction of sp³-hybridized carbons (Fsp3) is 0.200. The van der Waals surface area contributed by atoms with Gasteiger partial charge in [0.2, 0.25) is 0 Å². The number of halogens is 1. The molecule has 0 amide bonds. The van der Waals surface area contributed by atoms with Gasteiger partial charge in [-0.1, -0.05) is 12.1 Å². The average Bonchev–Trinajstić information content (AvgIpc) is 2.53. The predicted molar refractivity (Wildman–Crippen MR) is 80.7 cm³/mol. The van der Waals surface area contributed by atoms with E-state index in [1.807, 2.05) is 0 Å². The molecule has 3 rings (SSSR count). The second kappa shape index (κ2) is 6.15. The summed E-state index contributed by atoms with van der Waals surface area (Å²) >= 11 is 0. The van der Waals surface area contributed by atoms with Crippen molar-refractivity contribution in [2.45, 2.75) is 6.54 Å². The summed E-state index contributed by atoms with van der Waals surface area (Å²) in [5.74, 6) is 0.245. The Morgan fingerprint density at radius 3 is 2.70 bits per heavy atom. The van der Waals surface area contributed by atoms with Crippen LogP contribution in [0.15, 0.2) is 36.4 Å². The average molecular weight is 339 g/mol. The quantitative estimate of drug-likeness (QED) is 0.865.